The summed E-state index contributed by atoms with van der Waals surface area (Å²) in [5.74, 6) is 0.685. The Balaban J connectivity index is 2.10. The van der Waals surface area contributed by atoms with E-state index in [2.05, 4.69) is 62.2 Å². The van der Waals surface area contributed by atoms with Gasteiger partial charge in [0, 0.05) is 24.8 Å². The minimum atomic E-state index is 0.308. The molecule has 0 spiro atoms. The van der Waals surface area contributed by atoms with Gasteiger partial charge in [0.1, 0.15) is 0 Å². The van der Waals surface area contributed by atoms with Crippen LogP contribution in [0.3, 0.4) is 0 Å². The van der Waals surface area contributed by atoms with Crippen LogP contribution in [-0.2, 0) is 11.3 Å². The molecule has 0 radical (unpaired) electrons. The van der Waals surface area contributed by atoms with Gasteiger partial charge >= 0.3 is 0 Å². The number of ether oxygens (including phenoxy) is 1. The quantitative estimate of drug-likeness (QED) is 0.894. The van der Waals surface area contributed by atoms with E-state index in [0.717, 1.165) is 26.2 Å². The molecule has 0 saturated carbocycles. The number of hydrogen-bond donors (Lipinski definition) is 1. The van der Waals surface area contributed by atoms with E-state index in [1.165, 1.54) is 11.3 Å². The highest BCUT2D eigenvalue weighted by Crippen LogP contribution is 2.25. The van der Waals surface area contributed by atoms with Crippen LogP contribution in [0.25, 0.3) is 0 Å². The standard InChI is InChI=1S/C17H28N2O/c1-13(2)9-18-10-16-7-5-6-8-17(16)19-11-15(4)20-12-14(19)3/h5-8,13-15,18H,9-12H2,1-4H3. The van der Waals surface area contributed by atoms with Crippen molar-refractivity contribution in [1.82, 2.24) is 5.32 Å². The predicted molar refractivity (Wildman–Crippen MR) is 85.2 cm³/mol. The second-order valence-corrected chi connectivity index (χ2v) is 6.30. The highest BCUT2D eigenvalue weighted by atomic mass is 16.5. The van der Waals surface area contributed by atoms with Gasteiger partial charge in [-0.3, -0.25) is 0 Å². The monoisotopic (exact) mass is 276 g/mol. The summed E-state index contributed by atoms with van der Waals surface area (Å²) in [5.41, 5.74) is 2.74. The van der Waals surface area contributed by atoms with E-state index >= 15 is 0 Å². The Kier molecular flexibility index (Phi) is 5.44. The smallest absolute Gasteiger partial charge is 0.0723 e. The predicted octanol–water partition coefficient (Wildman–Crippen LogP) is 3.05. The largest absolute Gasteiger partial charge is 0.375 e. The number of rotatable bonds is 5. The molecule has 0 aliphatic carbocycles. The number of morpholine rings is 1. The molecular formula is C17H28N2O. The van der Waals surface area contributed by atoms with E-state index in [1.54, 1.807) is 0 Å². The van der Waals surface area contributed by atoms with Gasteiger partial charge in [-0.1, -0.05) is 32.0 Å². The molecule has 112 valence electrons. The molecule has 3 heteroatoms. The summed E-state index contributed by atoms with van der Waals surface area (Å²) in [4.78, 5) is 2.49. The van der Waals surface area contributed by atoms with E-state index in [4.69, 9.17) is 4.74 Å². The topological polar surface area (TPSA) is 24.5 Å². The zero-order chi connectivity index (χ0) is 14.5. The van der Waals surface area contributed by atoms with Gasteiger partial charge < -0.3 is 15.0 Å². The van der Waals surface area contributed by atoms with Crippen molar-refractivity contribution in [1.29, 1.82) is 0 Å². The van der Waals surface area contributed by atoms with Crippen molar-refractivity contribution >= 4 is 5.69 Å². The van der Waals surface area contributed by atoms with Gasteiger partial charge in [0.15, 0.2) is 0 Å². The van der Waals surface area contributed by atoms with Crippen molar-refractivity contribution in [2.45, 2.75) is 46.4 Å². The normalized spacial score (nSPS) is 23.4. The molecule has 2 atom stereocenters. The Hall–Kier alpha value is -1.06. The van der Waals surface area contributed by atoms with Gasteiger partial charge in [0.25, 0.3) is 0 Å². The fraction of sp³-hybridized carbons (Fsp3) is 0.647. The Bertz CT molecular complexity index is 419. The number of anilines is 1. The third kappa shape index (κ3) is 3.97. The van der Waals surface area contributed by atoms with Crippen LogP contribution in [-0.4, -0.2) is 31.8 Å². The molecule has 0 amide bonds. The molecule has 1 aliphatic heterocycles. The van der Waals surface area contributed by atoms with Crippen molar-refractivity contribution < 1.29 is 4.74 Å². The molecule has 20 heavy (non-hydrogen) atoms. The van der Waals surface area contributed by atoms with Crippen molar-refractivity contribution in [3.63, 3.8) is 0 Å². The first kappa shape index (κ1) is 15.3. The number of nitrogens with zero attached hydrogens (tertiary/aromatic N) is 1. The molecule has 1 aromatic rings. The first-order valence-electron chi connectivity index (χ1n) is 7.74. The fourth-order valence-corrected chi connectivity index (χ4v) is 2.67. The lowest BCUT2D eigenvalue weighted by molar-refractivity contribution is 0.0343. The van der Waals surface area contributed by atoms with Crippen molar-refractivity contribution in [2.75, 3.05) is 24.6 Å². The van der Waals surface area contributed by atoms with Gasteiger partial charge in [-0.25, -0.2) is 0 Å². The summed E-state index contributed by atoms with van der Waals surface area (Å²) in [6, 6.07) is 9.17. The average molecular weight is 276 g/mol. The van der Waals surface area contributed by atoms with Gasteiger partial charge in [-0.15, -0.1) is 0 Å². The third-order valence-corrected chi connectivity index (χ3v) is 3.78. The lowest BCUT2D eigenvalue weighted by Crippen LogP contribution is -2.47. The molecule has 0 bridgehead atoms. The van der Waals surface area contributed by atoms with Crippen LogP contribution < -0.4 is 10.2 Å². The average Bonchev–Trinajstić information content (AvgIpc) is 2.42. The summed E-state index contributed by atoms with van der Waals surface area (Å²) < 4.78 is 5.74. The van der Waals surface area contributed by atoms with Crippen LogP contribution in [0, 0.1) is 5.92 Å². The van der Waals surface area contributed by atoms with E-state index in [0.29, 0.717) is 18.1 Å². The molecular weight excluding hydrogens is 248 g/mol. The minimum absolute atomic E-state index is 0.308. The maximum Gasteiger partial charge on any atom is 0.0723 e. The van der Waals surface area contributed by atoms with Gasteiger partial charge in [0.2, 0.25) is 0 Å². The number of benzene rings is 1. The lowest BCUT2D eigenvalue weighted by Gasteiger charge is -2.39. The first-order chi connectivity index (χ1) is 9.58. The van der Waals surface area contributed by atoms with Gasteiger partial charge in [-0.05, 0) is 37.9 Å². The molecule has 1 heterocycles. The van der Waals surface area contributed by atoms with Crippen LogP contribution in [0.4, 0.5) is 5.69 Å². The third-order valence-electron chi connectivity index (χ3n) is 3.78. The van der Waals surface area contributed by atoms with Crippen LogP contribution >= 0.6 is 0 Å². The van der Waals surface area contributed by atoms with Crippen molar-refractivity contribution in [3.8, 4) is 0 Å². The number of para-hydroxylation sites is 1. The van der Waals surface area contributed by atoms with E-state index in [9.17, 15) is 0 Å². The van der Waals surface area contributed by atoms with E-state index < -0.39 is 0 Å². The highest BCUT2D eigenvalue weighted by molar-refractivity contribution is 5.54. The Morgan fingerprint density at radius 1 is 1.30 bits per heavy atom. The molecule has 1 aromatic carbocycles. The fourth-order valence-electron chi connectivity index (χ4n) is 2.67. The Morgan fingerprint density at radius 3 is 2.80 bits per heavy atom. The zero-order valence-electron chi connectivity index (χ0n) is 13.2. The maximum absolute atomic E-state index is 5.74. The minimum Gasteiger partial charge on any atom is -0.375 e. The van der Waals surface area contributed by atoms with E-state index in [-0.39, 0.29) is 0 Å². The maximum atomic E-state index is 5.74. The summed E-state index contributed by atoms with van der Waals surface area (Å²) in [6.45, 7) is 12.7. The van der Waals surface area contributed by atoms with Gasteiger partial charge in [0.05, 0.1) is 12.7 Å². The summed E-state index contributed by atoms with van der Waals surface area (Å²) in [7, 11) is 0. The summed E-state index contributed by atoms with van der Waals surface area (Å²) in [6.07, 6.45) is 0.308. The SMILES string of the molecule is CC(C)CNCc1ccccc1N1CC(C)OCC1C. The zero-order valence-corrected chi connectivity index (χ0v) is 13.2. The molecule has 1 aliphatic rings. The molecule has 0 aromatic heterocycles. The summed E-state index contributed by atoms with van der Waals surface area (Å²) in [5, 5.41) is 3.55. The molecule has 1 saturated heterocycles. The summed E-state index contributed by atoms with van der Waals surface area (Å²) >= 11 is 0. The van der Waals surface area contributed by atoms with Crippen molar-refractivity contribution in [2.24, 2.45) is 5.92 Å². The molecule has 2 rings (SSSR count). The lowest BCUT2D eigenvalue weighted by atomic mass is 10.1. The Morgan fingerprint density at radius 2 is 2.05 bits per heavy atom. The number of hydrogen-bond acceptors (Lipinski definition) is 3. The highest BCUT2D eigenvalue weighted by Gasteiger charge is 2.24. The van der Waals surface area contributed by atoms with Crippen LogP contribution in [0.15, 0.2) is 24.3 Å². The Labute approximate surface area is 123 Å². The van der Waals surface area contributed by atoms with Gasteiger partial charge in [-0.2, -0.15) is 0 Å². The second-order valence-electron chi connectivity index (χ2n) is 6.30. The molecule has 2 unspecified atom stereocenters. The first-order valence-corrected chi connectivity index (χ1v) is 7.74. The number of nitrogens with one attached hydrogen (secondary N) is 1. The van der Waals surface area contributed by atoms with E-state index in [1.807, 2.05) is 0 Å². The molecule has 1 fully saturated rings. The van der Waals surface area contributed by atoms with Crippen LogP contribution in [0.2, 0.25) is 0 Å². The van der Waals surface area contributed by atoms with Crippen LogP contribution in [0.1, 0.15) is 33.3 Å². The molecule has 3 nitrogen and oxygen atoms in total. The second kappa shape index (κ2) is 7.09. The van der Waals surface area contributed by atoms with Crippen molar-refractivity contribution in [3.05, 3.63) is 29.8 Å². The molecule has 1 N–H and O–H groups in total. The van der Waals surface area contributed by atoms with Crippen LogP contribution in [0.5, 0.6) is 0 Å².